The molecule has 3 rings (SSSR count). The van der Waals surface area contributed by atoms with Crippen LogP contribution in [-0.4, -0.2) is 21.9 Å². The lowest BCUT2D eigenvalue weighted by Gasteiger charge is -2.13. The molecule has 2 aromatic rings. The number of rotatable bonds is 3. The molecule has 1 aromatic heterocycles. The zero-order valence-corrected chi connectivity index (χ0v) is 12.1. The lowest BCUT2D eigenvalue weighted by atomic mass is 10.1. The van der Waals surface area contributed by atoms with Gasteiger partial charge >= 0.3 is 0 Å². The number of hydrogen-bond donors (Lipinski definition) is 2. The van der Waals surface area contributed by atoms with Gasteiger partial charge in [-0.05, 0) is 26.0 Å². The molecule has 0 saturated heterocycles. The fraction of sp³-hybridized carbons (Fsp3) is 0.267. The molecule has 0 bridgehead atoms. The number of nitrogens with one attached hydrogen (secondary N) is 2. The molecule has 5 nitrogen and oxygen atoms in total. The van der Waals surface area contributed by atoms with E-state index in [4.69, 9.17) is 0 Å². The Bertz CT molecular complexity index is 741. The third kappa shape index (κ3) is 2.38. The van der Waals surface area contributed by atoms with E-state index >= 15 is 0 Å². The van der Waals surface area contributed by atoms with Gasteiger partial charge in [-0.25, -0.2) is 18.7 Å². The van der Waals surface area contributed by atoms with Crippen LogP contribution in [0.4, 0.5) is 14.6 Å². The Morgan fingerprint density at radius 1 is 1.18 bits per heavy atom. The first-order valence-electron chi connectivity index (χ1n) is 6.87. The highest BCUT2D eigenvalue weighted by atomic mass is 19.1. The summed E-state index contributed by atoms with van der Waals surface area (Å²) < 4.78 is 27.9. The number of benzene rings is 1. The van der Waals surface area contributed by atoms with Gasteiger partial charge in [-0.3, -0.25) is 4.79 Å². The van der Waals surface area contributed by atoms with Gasteiger partial charge in [-0.2, -0.15) is 0 Å². The predicted octanol–water partition coefficient (Wildman–Crippen LogP) is 2.49. The van der Waals surface area contributed by atoms with Gasteiger partial charge in [0.25, 0.3) is 5.91 Å². The molecule has 2 N–H and O–H groups in total. The van der Waals surface area contributed by atoms with Crippen molar-refractivity contribution in [3.05, 3.63) is 41.1 Å². The Kier molecular flexibility index (Phi) is 3.48. The van der Waals surface area contributed by atoms with Crippen LogP contribution in [-0.2, 0) is 6.54 Å². The van der Waals surface area contributed by atoms with Crippen LogP contribution in [0.2, 0.25) is 0 Å². The van der Waals surface area contributed by atoms with Crippen molar-refractivity contribution in [2.75, 3.05) is 5.32 Å². The minimum Gasteiger partial charge on any atom is -0.367 e. The van der Waals surface area contributed by atoms with E-state index in [0.717, 1.165) is 12.1 Å². The highest BCUT2D eigenvalue weighted by Gasteiger charge is 2.28. The molecule has 1 aliphatic heterocycles. The van der Waals surface area contributed by atoms with Crippen molar-refractivity contribution in [3.8, 4) is 11.4 Å². The first kappa shape index (κ1) is 14.4. The van der Waals surface area contributed by atoms with Gasteiger partial charge in [0, 0.05) is 6.04 Å². The third-order valence-electron chi connectivity index (χ3n) is 3.24. The van der Waals surface area contributed by atoms with Crippen molar-refractivity contribution in [1.29, 1.82) is 0 Å². The van der Waals surface area contributed by atoms with Gasteiger partial charge in [0.2, 0.25) is 0 Å². The van der Waals surface area contributed by atoms with Crippen LogP contribution in [0.15, 0.2) is 18.2 Å². The van der Waals surface area contributed by atoms with E-state index in [1.165, 1.54) is 6.07 Å². The summed E-state index contributed by atoms with van der Waals surface area (Å²) in [5.74, 6) is -1.57. The SMILES string of the molecule is CC(C)Nc1nc(-c2c(F)cccc2F)nc2c1C(=O)NC2. The maximum absolute atomic E-state index is 13.9. The fourth-order valence-corrected chi connectivity index (χ4v) is 2.33. The second-order valence-electron chi connectivity index (χ2n) is 5.30. The fourth-order valence-electron chi connectivity index (χ4n) is 2.33. The number of hydrogen-bond acceptors (Lipinski definition) is 4. The average molecular weight is 304 g/mol. The molecule has 0 atom stereocenters. The van der Waals surface area contributed by atoms with Gasteiger partial charge in [-0.1, -0.05) is 6.07 Å². The first-order valence-corrected chi connectivity index (χ1v) is 6.87. The quantitative estimate of drug-likeness (QED) is 0.914. The smallest absolute Gasteiger partial charge is 0.257 e. The summed E-state index contributed by atoms with van der Waals surface area (Å²) >= 11 is 0. The summed E-state index contributed by atoms with van der Waals surface area (Å²) in [5.41, 5.74) is 0.464. The van der Waals surface area contributed by atoms with E-state index in [0.29, 0.717) is 11.3 Å². The second-order valence-corrected chi connectivity index (χ2v) is 5.30. The molecule has 0 saturated carbocycles. The van der Waals surface area contributed by atoms with Crippen LogP contribution >= 0.6 is 0 Å². The summed E-state index contributed by atoms with van der Waals surface area (Å²) in [5, 5.41) is 5.67. The van der Waals surface area contributed by atoms with Crippen molar-refractivity contribution in [2.45, 2.75) is 26.4 Å². The average Bonchev–Trinajstić information content (AvgIpc) is 2.80. The monoisotopic (exact) mass is 304 g/mol. The molecule has 0 radical (unpaired) electrons. The molecular formula is C15H14F2N4O. The van der Waals surface area contributed by atoms with Crippen LogP contribution in [0.1, 0.15) is 29.9 Å². The standard InChI is InChI=1S/C15H14F2N4O/c1-7(2)19-14-12-10(6-18-15(12)22)20-13(21-14)11-8(16)4-3-5-9(11)17/h3-5,7H,6H2,1-2H3,(H,18,22)(H,19,20,21). The minimum atomic E-state index is -0.743. The zero-order valence-electron chi connectivity index (χ0n) is 12.1. The van der Waals surface area contributed by atoms with Gasteiger partial charge in [-0.15, -0.1) is 0 Å². The van der Waals surface area contributed by atoms with Crippen molar-refractivity contribution in [3.63, 3.8) is 0 Å². The number of anilines is 1. The maximum Gasteiger partial charge on any atom is 0.257 e. The topological polar surface area (TPSA) is 66.9 Å². The lowest BCUT2D eigenvalue weighted by Crippen LogP contribution is -2.18. The first-order chi connectivity index (χ1) is 10.5. The van der Waals surface area contributed by atoms with Crippen LogP contribution in [0.3, 0.4) is 0 Å². The summed E-state index contributed by atoms with van der Waals surface area (Å²) in [7, 11) is 0. The number of fused-ring (bicyclic) bond motifs is 1. The van der Waals surface area contributed by atoms with Crippen molar-refractivity contribution in [2.24, 2.45) is 0 Å². The number of halogens is 2. The van der Waals surface area contributed by atoms with E-state index in [-0.39, 0.29) is 35.7 Å². The Labute approximate surface area is 125 Å². The largest absolute Gasteiger partial charge is 0.367 e. The highest BCUT2D eigenvalue weighted by Crippen LogP contribution is 2.28. The van der Waals surface area contributed by atoms with E-state index in [2.05, 4.69) is 20.6 Å². The van der Waals surface area contributed by atoms with Crippen molar-refractivity contribution >= 4 is 11.7 Å². The Morgan fingerprint density at radius 2 is 1.86 bits per heavy atom. The van der Waals surface area contributed by atoms with E-state index < -0.39 is 11.6 Å². The second kappa shape index (κ2) is 5.32. The summed E-state index contributed by atoms with van der Waals surface area (Å²) in [4.78, 5) is 20.2. The molecule has 1 amide bonds. The Hall–Kier alpha value is -2.57. The number of aromatic nitrogens is 2. The number of carbonyl (C=O) groups excluding carboxylic acids is 1. The van der Waals surface area contributed by atoms with Crippen molar-refractivity contribution in [1.82, 2.24) is 15.3 Å². The highest BCUT2D eigenvalue weighted by molar-refractivity contribution is 6.02. The van der Waals surface area contributed by atoms with E-state index in [1.807, 2.05) is 13.8 Å². The summed E-state index contributed by atoms with van der Waals surface area (Å²) in [6.45, 7) is 3.97. The third-order valence-corrected chi connectivity index (χ3v) is 3.24. The van der Waals surface area contributed by atoms with Crippen LogP contribution in [0, 0.1) is 11.6 Å². The number of nitrogens with zero attached hydrogens (tertiary/aromatic N) is 2. The number of carbonyl (C=O) groups is 1. The number of amides is 1. The van der Waals surface area contributed by atoms with Gasteiger partial charge in [0.1, 0.15) is 23.0 Å². The predicted molar refractivity (Wildman–Crippen MR) is 77.3 cm³/mol. The summed E-state index contributed by atoms with van der Waals surface area (Å²) in [6.07, 6.45) is 0. The molecular weight excluding hydrogens is 290 g/mol. The maximum atomic E-state index is 13.9. The van der Waals surface area contributed by atoms with Crippen LogP contribution < -0.4 is 10.6 Å². The molecule has 1 aliphatic rings. The molecule has 0 aliphatic carbocycles. The van der Waals surface area contributed by atoms with Crippen molar-refractivity contribution < 1.29 is 13.6 Å². The molecule has 2 heterocycles. The normalized spacial score (nSPS) is 13.2. The Balaban J connectivity index is 2.20. The minimum absolute atomic E-state index is 0.00529. The zero-order chi connectivity index (χ0) is 15.9. The lowest BCUT2D eigenvalue weighted by molar-refractivity contribution is 0.0966. The van der Waals surface area contributed by atoms with Crippen LogP contribution in [0.25, 0.3) is 11.4 Å². The molecule has 0 unspecified atom stereocenters. The molecule has 1 aromatic carbocycles. The van der Waals surface area contributed by atoms with Gasteiger partial charge in [0.15, 0.2) is 5.82 Å². The molecule has 0 spiro atoms. The molecule has 114 valence electrons. The molecule has 7 heteroatoms. The van der Waals surface area contributed by atoms with E-state index in [1.54, 1.807) is 0 Å². The molecule has 0 fully saturated rings. The molecule has 22 heavy (non-hydrogen) atoms. The Morgan fingerprint density at radius 3 is 2.50 bits per heavy atom. The van der Waals surface area contributed by atoms with Gasteiger partial charge in [0.05, 0.1) is 17.8 Å². The van der Waals surface area contributed by atoms with E-state index in [9.17, 15) is 13.6 Å². The summed E-state index contributed by atoms with van der Waals surface area (Å²) in [6, 6.07) is 3.58. The van der Waals surface area contributed by atoms with Gasteiger partial charge < -0.3 is 10.6 Å². The van der Waals surface area contributed by atoms with Crippen LogP contribution in [0.5, 0.6) is 0 Å².